The van der Waals surface area contributed by atoms with E-state index in [4.69, 9.17) is 16.3 Å². The highest BCUT2D eigenvalue weighted by Crippen LogP contribution is 2.37. The number of hydrogen-bond donors (Lipinski definition) is 0. The van der Waals surface area contributed by atoms with Gasteiger partial charge in [-0.25, -0.2) is 0 Å². The molecule has 0 bridgehead atoms. The van der Waals surface area contributed by atoms with Gasteiger partial charge in [0.25, 0.3) is 0 Å². The summed E-state index contributed by atoms with van der Waals surface area (Å²) >= 11 is 6.50. The summed E-state index contributed by atoms with van der Waals surface area (Å²) in [6, 6.07) is 10.4. The zero-order chi connectivity index (χ0) is 15.6. The molecule has 2 aromatic carbocycles. The highest BCUT2D eigenvalue weighted by atomic mass is 35.5. The van der Waals surface area contributed by atoms with Gasteiger partial charge >= 0.3 is 0 Å². The molecule has 2 aromatic rings. The number of ether oxygens (including phenoxy) is 1. The lowest BCUT2D eigenvalue weighted by atomic mass is 9.90. The molecule has 0 spiro atoms. The maximum absolute atomic E-state index is 6.50. The predicted molar refractivity (Wildman–Crippen MR) is 91.5 cm³/mol. The van der Waals surface area contributed by atoms with Gasteiger partial charge in [-0.3, -0.25) is 0 Å². The third-order valence-corrected chi connectivity index (χ3v) is 4.14. The molecule has 0 radical (unpaired) electrons. The summed E-state index contributed by atoms with van der Waals surface area (Å²) in [7, 11) is 1.67. The minimum atomic E-state index is 0.645. The van der Waals surface area contributed by atoms with Crippen LogP contribution in [0.3, 0.4) is 0 Å². The van der Waals surface area contributed by atoms with E-state index in [0.29, 0.717) is 5.92 Å². The highest BCUT2D eigenvalue weighted by molar-refractivity contribution is 6.33. The number of rotatable bonds is 4. The largest absolute Gasteiger partial charge is 0.497 e. The Morgan fingerprint density at radius 2 is 1.86 bits per heavy atom. The molecule has 0 atom stereocenters. The minimum absolute atomic E-state index is 0.645. The summed E-state index contributed by atoms with van der Waals surface area (Å²) in [4.78, 5) is 0. The van der Waals surface area contributed by atoms with Crippen LogP contribution in [0, 0.1) is 19.8 Å². The molecule has 0 saturated carbocycles. The molecule has 0 saturated heterocycles. The van der Waals surface area contributed by atoms with Gasteiger partial charge in [0.2, 0.25) is 0 Å². The summed E-state index contributed by atoms with van der Waals surface area (Å²) in [5.41, 5.74) is 6.19. The summed E-state index contributed by atoms with van der Waals surface area (Å²) < 4.78 is 5.29. The maximum atomic E-state index is 6.50. The van der Waals surface area contributed by atoms with E-state index < -0.39 is 0 Å². The van der Waals surface area contributed by atoms with Crippen LogP contribution < -0.4 is 4.74 Å². The fourth-order valence-corrected chi connectivity index (χ4v) is 3.15. The summed E-state index contributed by atoms with van der Waals surface area (Å²) in [5.74, 6) is 1.45. The van der Waals surface area contributed by atoms with Crippen molar-refractivity contribution in [2.24, 2.45) is 5.92 Å². The lowest BCUT2D eigenvalue weighted by Gasteiger charge is -2.17. The van der Waals surface area contributed by atoms with Gasteiger partial charge in [0.05, 0.1) is 12.1 Å². The minimum Gasteiger partial charge on any atom is -0.497 e. The number of hydrogen-bond acceptors (Lipinski definition) is 1. The van der Waals surface area contributed by atoms with Crippen molar-refractivity contribution in [2.75, 3.05) is 7.11 Å². The Balaban J connectivity index is 2.57. The van der Waals surface area contributed by atoms with Crippen LogP contribution in [0.1, 0.15) is 30.5 Å². The van der Waals surface area contributed by atoms with Crippen LogP contribution in [0.4, 0.5) is 0 Å². The molecule has 112 valence electrons. The van der Waals surface area contributed by atoms with Crippen molar-refractivity contribution in [1.82, 2.24) is 0 Å². The lowest BCUT2D eigenvalue weighted by Crippen LogP contribution is -1.99. The van der Waals surface area contributed by atoms with Gasteiger partial charge in [-0.1, -0.05) is 43.6 Å². The van der Waals surface area contributed by atoms with Crippen molar-refractivity contribution in [2.45, 2.75) is 34.1 Å². The van der Waals surface area contributed by atoms with E-state index in [2.05, 4.69) is 45.9 Å². The number of methoxy groups -OCH3 is 1. The fraction of sp³-hybridized carbons (Fsp3) is 0.368. The van der Waals surface area contributed by atoms with Crippen molar-refractivity contribution in [1.29, 1.82) is 0 Å². The second-order valence-corrected chi connectivity index (χ2v) is 6.40. The van der Waals surface area contributed by atoms with Crippen LogP contribution in [-0.2, 0) is 6.42 Å². The Morgan fingerprint density at radius 1 is 1.14 bits per heavy atom. The maximum Gasteiger partial charge on any atom is 0.120 e. The molecule has 0 unspecified atom stereocenters. The van der Waals surface area contributed by atoms with E-state index in [9.17, 15) is 0 Å². The van der Waals surface area contributed by atoms with E-state index in [1.165, 1.54) is 16.7 Å². The summed E-state index contributed by atoms with van der Waals surface area (Å²) in [6.45, 7) is 8.76. The number of benzene rings is 2. The molecule has 21 heavy (non-hydrogen) atoms. The monoisotopic (exact) mass is 302 g/mol. The van der Waals surface area contributed by atoms with Gasteiger partial charge in [0, 0.05) is 5.56 Å². The average Bonchev–Trinajstić information content (AvgIpc) is 2.41. The molecule has 0 heterocycles. The third kappa shape index (κ3) is 3.41. The Labute approximate surface area is 132 Å². The normalized spacial score (nSPS) is 11.0. The van der Waals surface area contributed by atoms with Crippen LogP contribution >= 0.6 is 11.6 Å². The lowest BCUT2D eigenvalue weighted by molar-refractivity contribution is 0.414. The second kappa shape index (κ2) is 6.53. The molecular weight excluding hydrogens is 280 g/mol. The highest BCUT2D eigenvalue weighted by Gasteiger charge is 2.14. The molecule has 0 aliphatic carbocycles. The van der Waals surface area contributed by atoms with Crippen LogP contribution in [0.5, 0.6) is 5.75 Å². The quantitative estimate of drug-likeness (QED) is 0.690. The molecule has 0 aromatic heterocycles. The average molecular weight is 303 g/mol. The van der Waals surface area contributed by atoms with Crippen molar-refractivity contribution in [3.63, 3.8) is 0 Å². The van der Waals surface area contributed by atoms with E-state index in [1.54, 1.807) is 7.11 Å². The smallest absolute Gasteiger partial charge is 0.120 e. The third-order valence-electron chi connectivity index (χ3n) is 3.84. The van der Waals surface area contributed by atoms with Gasteiger partial charge in [0.15, 0.2) is 0 Å². The van der Waals surface area contributed by atoms with Gasteiger partial charge in [-0.2, -0.15) is 0 Å². The van der Waals surface area contributed by atoms with Gasteiger partial charge < -0.3 is 4.74 Å². The van der Waals surface area contributed by atoms with Crippen molar-refractivity contribution in [3.8, 4) is 16.9 Å². The molecular formula is C19H23ClO. The molecule has 0 aliphatic heterocycles. The first kappa shape index (κ1) is 15.9. The Hall–Kier alpha value is -1.47. The van der Waals surface area contributed by atoms with E-state index in [0.717, 1.165) is 28.3 Å². The van der Waals surface area contributed by atoms with E-state index >= 15 is 0 Å². The summed E-state index contributed by atoms with van der Waals surface area (Å²) in [6.07, 6.45) is 1.09. The number of aryl methyl sites for hydroxylation is 1. The standard InChI is InChI=1S/C19H23ClO/c1-12(2)9-15-7-6-8-17(14(15)4)19-13(3)10-16(21-5)11-18(19)20/h6-8,10-12H,9H2,1-5H3. The predicted octanol–water partition coefficient (Wildman–Crippen LogP) is 5.83. The molecule has 2 rings (SSSR count). The van der Waals surface area contributed by atoms with E-state index in [1.807, 2.05) is 12.1 Å². The first-order valence-corrected chi connectivity index (χ1v) is 7.74. The topological polar surface area (TPSA) is 9.23 Å². The van der Waals surface area contributed by atoms with E-state index in [-0.39, 0.29) is 0 Å². The zero-order valence-electron chi connectivity index (χ0n) is 13.5. The van der Waals surface area contributed by atoms with Crippen molar-refractivity contribution < 1.29 is 4.74 Å². The van der Waals surface area contributed by atoms with Crippen LogP contribution in [0.25, 0.3) is 11.1 Å². The first-order chi connectivity index (χ1) is 9.93. The molecule has 0 aliphatic rings. The Morgan fingerprint density at radius 3 is 2.43 bits per heavy atom. The zero-order valence-corrected chi connectivity index (χ0v) is 14.2. The van der Waals surface area contributed by atoms with Crippen LogP contribution in [-0.4, -0.2) is 7.11 Å². The summed E-state index contributed by atoms with van der Waals surface area (Å²) in [5, 5.41) is 0.747. The SMILES string of the molecule is COc1cc(C)c(-c2cccc(CC(C)C)c2C)c(Cl)c1. The second-order valence-electron chi connectivity index (χ2n) is 5.99. The first-order valence-electron chi connectivity index (χ1n) is 7.37. The van der Waals surface area contributed by atoms with Crippen LogP contribution in [0.2, 0.25) is 5.02 Å². The molecule has 0 fully saturated rings. The molecule has 0 N–H and O–H groups in total. The molecule has 1 nitrogen and oxygen atoms in total. The number of halogens is 1. The Kier molecular flexibility index (Phi) is 4.95. The van der Waals surface area contributed by atoms with Crippen molar-refractivity contribution in [3.05, 3.63) is 52.0 Å². The fourth-order valence-electron chi connectivity index (χ4n) is 2.79. The van der Waals surface area contributed by atoms with Crippen molar-refractivity contribution >= 4 is 11.6 Å². The Bertz CT molecular complexity index is 621. The molecule has 0 amide bonds. The van der Waals surface area contributed by atoms with Gasteiger partial charge in [-0.15, -0.1) is 0 Å². The van der Waals surface area contributed by atoms with Crippen LogP contribution in [0.15, 0.2) is 30.3 Å². The van der Waals surface area contributed by atoms with Gasteiger partial charge in [0.1, 0.15) is 5.75 Å². The van der Waals surface area contributed by atoms with Gasteiger partial charge in [-0.05, 0) is 60.6 Å². The molecule has 2 heteroatoms.